The molecule has 0 aliphatic carbocycles. The highest BCUT2D eigenvalue weighted by atomic mass is 16.7. The quantitative estimate of drug-likeness (QED) is 0.596. The molecule has 1 aromatic rings. The van der Waals surface area contributed by atoms with Crippen LogP contribution in [0.5, 0.6) is 5.75 Å². The molecule has 2 rings (SSSR count). The van der Waals surface area contributed by atoms with E-state index in [4.69, 9.17) is 14.0 Å². The van der Waals surface area contributed by atoms with Crippen LogP contribution >= 0.6 is 0 Å². The summed E-state index contributed by atoms with van der Waals surface area (Å²) in [6.45, 7) is 10.9. The molecule has 4 nitrogen and oxygen atoms in total. The van der Waals surface area contributed by atoms with Crippen molar-refractivity contribution >= 4 is 12.6 Å². The van der Waals surface area contributed by atoms with Crippen molar-refractivity contribution in [3.8, 4) is 11.8 Å². The minimum atomic E-state index is -0.439. The van der Waals surface area contributed by atoms with Crippen LogP contribution in [0, 0.1) is 11.3 Å². The highest BCUT2D eigenvalue weighted by Gasteiger charge is 2.51. The molecule has 1 saturated heterocycles. The standard InChI is InChI=1S/C18H26BNO3/c1-6-7-8-11-21-16-12-15(10-9-14(16)13-20)19-22-17(2,3)18(4,5)23-19/h9-10,12H,6-8,11H2,1-5H3. The fourth-order valence-electron chi connectivity index (χ4n) is 2.41. The molecular weight excluding hydrogens is 289 g/mol. The van der Waals surface area contributed by atoms with Crippen molar-refractivity contribution in [3.05, 3.63) is 23.8 Å². The van der Waals surface area contributed by atoms with Crippen molar-refractivity contribution in [2.24, 2.45) is 0 Å². The van der Waals surface area contributed by atoms with Gasteiger partial charge in [-0.3, -0.25) is 0 Å². The maximum atomic E-state index is 9.25. The van der Waals surface area contributed by atoms with E-state index in [1.807, 2.05) is 39.8 Å². The summed E-state index contributed by atoms with van der Waals surface area (Å²) < 4.78 is 17.9. The average Bonchev–Trinajstić information content (AvgIpc) is 2.72. The van der Waals surface area contributed by atoms with E-state index >= 15 is 0 Å². The van der Waals surface area contributed by atoms with Gasteiger partial charge in [-0.25, -0.2) is 0 Å². The van der Waals surface area contributed by atoms with Gasteiger partial charge in [0.05, 0.1) is 23.4 Å². The summed E-state index contributed by atoms with van der Waals surface area (Å²) in [6.07, 6.45) is 3.25. The van der Waals surface area contributed by atoms with Crippen LogP contribution in [0.3, 0.4) is 0 Å². The zero-order valence-electron chi connectivity index (χ0n) is 14.8. The number of nitriles is 1. The first-order valence-electron chi connectivity index (χ1n) is 8.33. The zero-order valence-corrected chi connectivity index (χ0v) is 14.8. The van der Waals surface area contributed by atoms with Crippen LogP contribution in [0.4, 0.5) is 0 Å². The number of hydrogen-bond donors (Lipinski definition) is 0. The molecule has 0 amide bonds. The van der Waals surface area contributed by atoms with Crippen LogP contribution in [-0.2, 0) is 9.31 Å². The summed E-state index contributed by atoms with van der Waals surface area (Å²) in [7, 11) is -0.439. The third-order valence-electron chi connectivity index (χ3n) is 4.66. The second kappa shape index (κ2) is 6.94. The van der Waals surface area contributed by atoms with Crippen molar-refractivity contribution in [3.63, 3.8) is 0 Å². The molecule has 0 saturated carbocycles. The molecule has 0 N–H and O–H groups in total. The van der Waals surface area contributed by atoms with Crippen LogP contribution in [0.1, 0.15) is 59.4 Å². The third-order valence-corrected chi connectivity index (χ3v) is 4.66. The summed E-state index contributed by atoms with van der Waals surface area (Å²) in [5.41, 5.74) is 0.663. The van der Waals surface area contributed by atoms with Crippen molar-refractivity contribution < 1.29 is 14.0 Å². The Hall–Kier alpha value is -1.51. The molecule has 1 heterocycles. The van der Waals surface area contributed by atoms with Crippen molar-refractivity contribution in [1.82, 2.24) is 0 Å². The maximum absolute atomic E-state index is 9.25. The minimum Gasteiger partial charge on any atom is -0.492 e. The van der Waals surface area contributed by atoms with Crippen LogP contribution in [0.15, 0.2) is 18.2 Å². The first kappa shape index (κ1) is 17.8. The molecule has 1 fully saturated rings. The number of ether oxygens (including phenoxy) is 1. The monoisotopic (exact) mass is 315 g/mol. The summed E-state index contributed by atoms with van der Waals surface area (Å²) in [5.74, 6) is 0.607. The molecular formula is C18H26BNO3. The van der Waals surface area contributed by atoms with Crippen molar-refractivity contribution in [1.29, 1.82) is 5.26 Å². The lowest BCUT2D eigenvalue weighted by atomic mass is 9.78. The van der Waals surface area contributed by atoms with Crippen LogP contribution in [-0.4, -0.2) is 24.9 Å². The SMILES string of the molecule is CCCCCOc1cc(B2OC(C)(C)C(C)(C)O2)ccc1C#N. The van der Waals surface area contributed by atoms with Gasteiger partial charge in [0.25, 0.3) is 0 Å². The molecule has 23 heavy (non-hydrogen) atoms. The number of nitrogens with zero attached hydrogens (tertiary/aromatic N) is 1. The number of rotatable bonds is 6. The van der Waals surface area contributed by atoms with E-state index < -0.39 is 7.12 Å². The van der Waals surface area contributed by atoms with Gasteiger partial charge >= 0.3 is 7.12 Å². The average molecular weight is 315 g/mol. The van der Waals surface area contributed by atoms with Crippen molar-refractivity contribution in [2.75, 3.05) is 6.61 Å². The fraction of sp³-hybridized carbons (Fsp3) is 0.611. The predicted molar refractivity (Wildman–Crippen MR) is 91.9 cm³/mol. The Morgan fingerprint density at radius 1 is 1.13 bits per heavy atom. The topological polar surface area (TPSA) is 51.5 Å². The van der Waals surface area contributed by atoms with Gasteiger partial charge in [-0.2, -0.15) is 5.26 Å². The molecule has 1 aromatic carbocycles. The highest BCUT2D eigenvalue weighted by molar-refractivity contribution is 6.62. The molecule has 124 valence electrons. The van der Waals surface area contributed by atoms with E-state index in [1.54, 1.807) is 6.07 Å². The van der Waals surface area contributed by atoms with E-state index in [1.165, 1.54) is 0 Å². The molecule has 0 radical (unpaired) electrons. The second-order valence-electron chi connectivity index (χ2n) is 7.01. The smallest absolute Gasteiger partial charge is 0.492 e. The highest BCUT2D eigenvalue weighted by Crippen LogP contribution is 2.36. The number of benzene rings is 1. The molecule has 0 spiro atoms. The van der Waals surface area contributed by atoms with Crippen LogP contribution in [0.2, 0.25) is 0 Å². The molecule has 1 aliphatic rings. The molecule has 5 heteroatoms. The van der Waals surface area contributed by atoms with E-state index in [9.17, 15) is 5.26 Å². The first-order chi connectivity index (χ1) is 10.8. The Labute approximate surface area is 139 Å². The van der Waals surface area contributed by atoms with Crippen LogP contribution < -0.4 is 10.2 Å². The van der Waals surface area contributed by atoms with Gasteiger partial charge in [0.2, 0.25) is 0 Å². The molecule has 0 bridgehead atoms. The zero-order chi connectivity index (χ0) is 17.1. The summed E-state index contributed by atoms with van der Waals surface area (Å²) in [4.78, 5) is 0. The van der Waals surface area contributed by atoms with Gasteiger partial charge in [0.1, 0.15) is 11.8 Å². The van der Waals surface area contributed by atoms with Gasteiger partial charge in [0, 0.05) is 0 Å². The Balaban J connectivity index is 2.17. The lowest BCUT2D eigenvalue weighted by molar-refractivity contribution is 0.00578. The van der Waals surface area contributed by atoms with E-state index in [0.29, 0.717) is 17.9 Å². The number of hydrogen-bond acceptors (Lipinski definition) is 4. The predicted octanol–water partition coefficient (Wildman–Crippen LogP) is 3.43. The lowest BCUT2D eigenvalue weighted by Gasteiger charge is -2.32. The summed E-state index contributed by atoms with van der Waals surface area (Å²) >= 11 is 0. The molecule has 1 aliphatic heterocycles. The van der Waals surface area contributed by atoms with Gasteiger partial charge in [-0.15, -0.1) is 0 Å². The van der Waals surface area contributed by atoms with E-state index in [0.717, 1.165) is 24.7 Å². The molecule has 0 atom stereocenters. The largest absolute Gasteiger partial charge is 0.494 e. The van der Waals surface area contributed by atoms with Crippen molar-refractivity contribution in [2.45, 2.75) is 65.1 Å². The summed E-state index contributed by atoms with van der Waals surface area (Å²) in [5, 5.41) is 9.25. The van der Waals surface area contributed by atoms with Gasteiger partial charge < -0.3 is 14.0 Å². The second-order valence-corrected chi connectivity index (χ2v) is 7.01. The Morgan fingerprint density at radius 3 is 2.35 bits per heavy atom. The van der Waals surface area contributed by atoms with E-state index in [-0.39, 0.29) is 11.2 Å². The Kier molecular flexibility index (Phi) is 5.39. The number of unbranched alkanes of at least 4 members (excludes halogenated alkanes) is 2. The molecule has 0 aromatic heterocycles. The fourth-order valence-corrected chi connectivity index (χ4v) is 2.41. The van der Waals surface area contributed by atoms with Crippen LogP contribution in [0.25, 0.3) is 0 Å². The summed E-state index contributed by atoms with van der Waals surface area (Å²) in [6, 6.07) is 7.70. The lowest BCUT2D eigenvalue weighted by Crippen LogP contribution is -2.41. The normalized spacial score (nSPS) is 18.7. The minimum absolute atomic E-state index is 0.381. The first-order valence-corrected chi connectivity index (χ1v) is 8.33. The van der Waals surface area contributed by atoms with Gasteiger partial charge in [0.15, 0.2) is 0 Å². The maximum Gasteiger partial charge on any atom is 0.494 e. The Bertz CT molecular complexity index is 576. The van der Waals surface area contributed by atoms with E-state index in [2.05, 4.69) is 13.0 Å². The third kappa shape index (κ3) is 3.88. The Morgan fingerprint density at radius 2 is 1.78 bits per heavy atom. The van der Waals surface area contributed by atoms with Gasteiger partial charge in [-0.1, -0.05) is 25.8 Å². The molecule has 0 unspecified atom stereocenters. The van der Waals surface area contributed by atoms with Gasteiger partial charge in [-0.05, 0) is 51.7 Å².